The first-order valence-corrected chi connectivity index (χ1v) is 10.4. The predicted molar refractivity (Wildman–Crippen MR) is 122 cm³/mol. The summed E-state index contributed by atoms with van der Waals surface area (Å²) in [5, 5.41) is 25.7. The fourth-order valence-electron chi connectivity index (χ4n) is 2.88. The van der Waals surface area contributed by atoms with E-state index < -0.39 is 11.4 Å². The number of aliphatic hydroxyl groups is 1. The molecule has 2 heterocycles. The molecule has 7 heteroatoms. The lowest BCUT2D eigenvalue weighted by Crippen LogP contribution is -2.16. The highest BCUT2D eigenvalue weighted by atomic mass is 35.5. The summed E-state index contributed by atoms with van der Waals surface area (Å²) in [6.07, 6.45) is 5.09. The van der Waals surface area contributed by atoms with Crippen molar-refractivity contribution in [1.29, 1.82) is 0 Å². The van der Waals surface area contributed by atoms with Crippen LogP contribution in [-0.2, 0) is 5.60 Å². The first-order valence-electron chi connectivity index (χ1n) is 9.23. The lowest BCUT2D eigenvalue weighted by molar-refractivity contribution is 0.0735. The number of aromatic hydroxyl groups is 1. The lowest BCUT2D eigenvalue weighted by atomic mass is 10.1. The molecule has 0 saturated carbocycles. The minimum atomic E-state index is -1.16. The summed E-state index contributed by atoms with van der Waals surface area (Å²) in [6.45, 7) is 8.87. The van der Waals surface area contributed by atoms with Gasteiger partial charge in [-0.25, -0.2) is 9.07 Å². The Morgan fingerprint density at radius 1 is 1.23 bits per heavy atom. The topological polar surface area (TPSA) is 58.3 Å². The number of rotatable bonds is 6. The first-order chi connectivity index (χ1) is 14.2. The average Bonchev–Trinajstić information content (AvgIpc) is 3.34. The minimum Gasteiger partial charge on any atom is -0.507 e. The van der Waals surface area contributed by atoms with Gasteiger partial charge >= 0.3 is 0 Å². The van der Waals surface area contributed by atoms with Crippen molar-refractivity contribution in [3.05, 3.63) is 77.7 Å². The first kappa shape index (κ1) is 22.0. The van der Waals surface area contributed by atoms with Crippen molar-refractivity contribution in [3.63, 3.8) is 0 Å². The Morgan fingerprint density at radius 2 is 1.93 bits per heavy atom. The van der Waals surface area contributed by atoms with Crippen LogP contribution in [0.15, 0.2) is 66.2 Å². The van der Waals surface area contributed by atoms with Gasteiger partial charge in [-0.2, -0.15) is 5.10 Å². The van der Waals surface area contributed by atoms with E-state index in [0.717, 1.165) is 4.88 Å². The van der Waals surface area contributed by atoms with Crippen molar-refractivity contribution in [2.45, 2.75) is 26.4 Å². The Bertz CT molecular complexity index is 1150. The molecule has 0 aliphatic heterocycles. The quantitative estimate of drug-likeness (QED) is 0.425. The van der Waals surface area contributed by atoms with Crippen LogP contribution in [0.25, 0.3) is 26.7 Å². The van der Waals surface area contributed by atoms with E-state index in [1.165, 1.54) is 29.5 Å². The normalized spacial score (nSPS) is 13.0. The molecule has 0 atom stereocenters. The monoisotopic (exact) mass is 444 g/mol. The summed E-state index contributed by atoms with van der Waals surface area (Å²) in [4.78, 5) is 1.51. The van der Waals surface area contributed by atoms with E-state index in [1.807, 2.05) is 19.1 Å². The third kappa shape index (κ3) is 4.41. The lowest BCUT2D eigenvalue weighted by Gasteiger charge is -2.13. The molecule has 4 nitrogen and oxygen atoms in total. The van der Waals surface area contributed by atoms with Crippen LogP contribution in [0.2, 0.25) is 0 Å². The smallest absolute Gasteiger partial charge is 0.124 e. The van der Waals surface area contributed by atoms with Gasteiger partial charge in [-0.15, -0.1) is 11.3 Å². The minimum absolute atomic E-state index is 0.000286. The Balaban J connectivity index is 2.20. The standard InChI is InChI=1S/C23H22ClFN2O2S/c1-5-7-17(16(24)6-2)27-18(13-22(26-27)23(3,4)29)21-11-10-20(30-21)15-12-14(25)8-9-19(15)28/h5-13,28-29H,1H2,2-4H3/b16-6+,17-7+. The van der Waals surface area contributed by atoms with Gasteiger partial charge in [0.25, 0.3) is 0 Å². The van der Waals surface area contributed by atoms with Gasteiger partial charge in [0.2, 0.25) is 0 Å². The molecule has 30 heavy (non-hydrogen) atoms. The number of phenols is 1. The van der Waals surface area contributed by atoms with Crippen molar-refractivity contribution in [3.8, 4) is 26.8 Å². The summed E-state index contributed by atoms with van der Waals surface area (Å²) in [6, 6.07) is 9.30. The zero-order valence-electron chi connectivity index (χ0n) is 16.9. The number of hydrogen-bond donors (Lipinski definition) is 2. The predicted octanol–water partition coefficient (Wildman–Crippen LogP) is 6.52. The molecular formula is C23H22ClFN2O2S. The molecule has 3 rings (SSSR count). The molecule has 0 aliphatic rings. The van der Waals surface area contributed by atoms with E-state index in [0.29, 0.717) is 32.6 Å². The highest BCUT2D eigenvalue weighted by Gasteiger charge is 2.25. The molecule has 2 N–H and O–H groups in total. The Hall–Kier alpha value is -2.67. The Kier molecular flexibility index (Phi) is 6.31. The van der Waals surface area contributed by atoms with Crippen LogP contribution < -0.4 is 0 Å². The summed E-state index contributed by atoms with van der Waals surface area (Å²) in [5.41, 5.74) is 1.02. The van der Waals surface area contributed by atoms with E-state index in [4.69, 9.17) is 11.6 Å². The number of phenolic OH excluding ortho intramolecular Hbond substituents is 1. The molecule has 0 radical (unpaired) electrons. The van der Waals surface area contributed by atoms with Gasteiger partial charge in [-0.1, -0.05) is 30.3 Å². The molecular weight excluding hydrogens is 423 g/mol. The van der Waals surface area contributed by atoms with Crippen LogP contribution in [0.4, 0.5) is 4.39 Å². The number of allylic oxidation sites excluding steroid dienone is 5. The fourth-order valence-corrected chi connectivity index (χ4v) is 4.05. The third-order valence-corrected chi connectivity index (χ3v) is 5.97. The van der Waals surface area contributed by atoms with Crippen LogP contribution in [0.3, 0.4) is 0 Å². The third-order valence-electron chi connectivity index (χ3n) is 4.42. The van der Waals surface area contributed by atoms with Gasteiger partial charge in [-0.3, -0.25) is 0 Å². The molecule has 3 aromatic rings. The molecule has 2 aromatic heterocycles. The molecule has 0 amide bonds. The number of hydrogen-bond acceptors (Lipinski definition) is 4. The van der Waals surface area contributed by atoms with E-state index in [9.17, 15) is 14.6 Å². The van der Waals surface area contributed by atoms with Crippen molar-refractivity contribution in [1.82, 2.24) is 9.78 Å². The maximum atomic E-state index is 13.7. The van der Waals surface area contributed by atoms with E-state index in [1.54, 1.807) is 42.8 Å². The second kappa shape index (κ2) is 8.60. The Labute approximate surface area is 183 Å². The molecule has 0 fully saturated rings. The summed E-state index contributed by atoms with van der Waals surface area (Å²) in [7, 11) is 0. The largest absolute Gasteiger partial charge is 0.507 e. The molecule has 0 bridgehead atoms. The van der Waals surface area contributed by atoms with Crippen molar-refractivity contribution in [2.24, 2.45) is 0 Å². The van der Waals surface area contributed by atoms with Crippen LogP contribution in [0.5, 0.6) is 5.75 Å². The van der Waals surface area contributed by atoms with Crippen molar-refractivity contribution < 1.29 is 14.6 Å². The van der Waals surface area contributed by atoms with Crippen molar-refractivity contribution in [2.75, 3.05) is 0 Å². The van der Waals surface area contributed by atoms with E-state index in [-0.39, 0.29) is 5.75 Å². The number of thiophene rings is 1. The summed E-state index contributed by atoms with van der Waals surface area (Å²) >= 11 is 7.79. The maximum Gasteiger partial charge on any atom is 0.124 e. The van der Waals surface area contributed by atoms with Gasteiger partial charge in [0.1, 0.15) is 17.2 Å². The van der Waals surface area contributed by atoms with Crippen LogP contribution >= 0.6 is 22.9 Å². The van der Waals surface area contributed by atoms with Gasteiger partial charge in [0.15, 0.2) is 0 Å². The molecule has 1 aromatic carbocycles. The Morgan fingerprint density at radius 3 is 2.57 bits per heavy atom. The second-order valence-corrected chi connectivity index (χ2v) is 8.63. The SMILES string of the molecule is C=C/C=C(\C(Cl)=C/C)n1nc(C(C)(C)O)cc1-c1ccc(-c2cc(F)ccc2O)s1. The van der Waals surface area contributed by atoms with E-state index in [2.05, 4.69) is 11.7 Å². The number of nitrogens with zero attached hydrogens (tertiary/aromatic N) is 2. The molecule has 156 valence electrons. The van der Waals surface area contributed by atoms with Gasteiger partial charge in [-0.05, 0) is 63.2 Å². The van der Waals surface area contributed by atoms with Crippen LogP contribution in [-0.4, -0.2) is 20.0 Å². The highest BCUT2D eigenvalue weighted by Crippen LogP contribution is 2.40. The number of benzene rings is 1. The average molecular weight is 445 g/mol. The summed E-state index contributed by atoms with van der Waals surface area (Å²) < 4.78 is 15.3. The van der Waals surface area contributed by atoms with Crippen LogP contribution in [0, 0.1) is 5.82 Å². The fraction of sp³-hybridized carbons (Fsp3) is 0.174. The number of halogens is 2. The highest BCUT2D eigenvalue weighted by molar-refractivity contribution is 7.18. The molecule has 0 aliphatic carbocycles. The second-order valence-electron chi connectivity index (χ2n) is 7.14. The van der Waals surface area contributed by atoms with Gasteiger partial charge < -0.3 is 10.2 Å². The van der Waals surface area contributed by atoms with Crippen molar-refractivity contribution >= 4 is 28.6 Å². The van der Waals surface area contributed by atoms with E-state index >= 15 is 0 Å². The zero-order valence-corrected chi connectivity index (χ0v) is 18.4. The molecule has 0 saturated heterocycles. The maximum absolute atomic E-state index is 13.7. The number of aromatic nitrogens is 2. The molecule has 0 unspecified atom stereocenters. The van der Waals surface area contributed by atoms with Crippen LogP contribution in [0.1, 0.15) is 26.5 Å². The van der Waals surface area contributed by atoms with Gasteiger partial charge in [0, 0.05) is 10.4 Å². The molecule has 0 spiro atoms. The zero-order chi connectivity index (χ0) is 22.1. The van der Waals surface area contributed by atoms with Gasteiger partial charge in [0.05, 0.1) is 27.0 Å². The summed E-state index contributed by atoms with van der Waals surface area (Å²) in [5.74, 6) is -0.428.